The summed E-state index contributed by atoms with van der Waals surface area (Å²) < 4.78 is 0. The van der Waals surface area contributed by atoms with Gasteiger partial charge in [-0.3, -0.25) is 14.8 Å². The molecule has 146 valence electrons. The Balaban J connectivity index is 1.42. The molecule has 1 saturated heterocycles. The fraction of sp³-hybridized carbons (Fsp3) is 0.250. The number of H-pyrrole nitrogens is 1. The number of hydrogen-bond donors (Lipinski definition) is 1. The Hall–Kier alpha value is -3.02. The van der Waals surface area contributed by atoms with Gasteiger partial charge in [-0.25, -0.2) is 4.98 Å². The summed E-state index contributed by atoms with van der Waals surface area (Å²) in [7, 11) is 0. The average molecular weight is 383 g/mol. The van der Waals surface area contributed by atoms with E-state index in [1.807, 2.05) is 18.3 Å². The number of nitrogens with zero attached hydrogens (tertiary/aromatic N) is 4. The summed E-state index contributed by atoms with van der Waals surface area (Å²) in [6.07, 6.45) is 1.87. The Morgan fingerprint density at radius 3 is 2.52 bits per heavy atom. The first-order chi connectivity index (χ1) is 14.3. The van der Waals surface area contributed by atoms with Crippen LogP contribution in [0.15, 0.2) is 79.0 Å². The molecule has 0 spiro atoms. The number of para-hydroxylation sites is 2. The molecule has 1 N–H and O–H groups in total. The number of fused-ring (bicyclic) bond motifs is 1. The molecule has 0 aliphatic carbocycles. The number of aromatic nitrogens is 3. The molecule has 4 aromatic rings. The minimum atomic E-state index is 0.210. The molecule has 1 aliphatic heterocycles. The molecule has 0 radical (unpaired) electrons. The van der Waals surface area contributed by atoms with E-state index in [-0.39, 0.29) is 6.04 Å². The summed E-state index contributed by atoms with van der Waals surface area (Å²) in [6, 6.07) is 25.3. The largest absolute Gasteiger partial charge is 0.341 e. The van der Waals surface area contributed by atoms with Crippen molar-refractivity contribution in [2.75, 3.05) is 19.6 Å². The van der Waals surface area contributed by atoms with Crippen LogP contribution in [0.25, 0.3) is 11.0 Å². The fourth-order valence-electron chi connectivity index (χ4n) is 4.14. The maximum Gasteiger partial charge on any atom is 0.126 e. The summed E-state index contributed by atoms with van der Waals surface area (Å²) in [6.45, 7) is 4.78. The van der Waals surface area contributed by atoms with Crippen molar-refractivity contribution in [1.82, 2.24) is 24.8 Å². The Labute approximate surface area is 171 Å². The van der Waals surface area contributed by atoms with Gasteiger partial charge in [-0.2, -0.15) is 0 Å². The van der Waals surface area contributed by atoms with E-state index in [4.69, 9.17) is 4.98 Å². The van der Waals surface area contributed by atoms with Crippen LogP contribution < -0.4 is 0 Å². The lowest BCUT2D eigenvalue weighted by Gasteiger charge is -2.40. The van der Waals surface area contributed by atoms with Gasteiger partial charge in [0, 0.05) is 38.9 Å². The third-order valence-corrected chi connectivity index (χ3v) is 5.64. The van der Waals surface area contributed by atoms with Gasteiger partial charge in [0.15, 0.2) is 0 Å². The Bertz CT molecular complexity index is 1030. The molecule has 0 amide bonds. The zero-order chi connectivity index (χ0) is 19.5. The van der Waals surface area contributed by atoms with Crippen LogP contribution in [0.1, 0.15) is 23.1 Å². The first-order valence-corrected chi connectivity index (χ1v) is 10.2. The molecule has 1 aliphatic rings. The van der Waals surface area contributed by atoms with Gasteiger partial charge in [-0.15, -0.1) is 0 Å². The lowest BCUT2D eigenvalue weighted by Crippen LogP contribution is -2.48. The quantitative estimate of drug-likeness (QED) is 0.566. The molecule has 1 fully saturated rings. The second-order valence-electron chi connectivity index (χ2n) is 7.67. The molecule has 2 aromatic heterocycles. The van der Waals surface area contributed by atoms with Crippen LogP contribution in [0.2, 0.25) is 0 Å². The Kier molecular flexibility index (Phi) is 5.07. The van der Waals surface area contributed by atoms with Gasteiger partial charge >= 0.3 is 0 Å². The van der Waals surface area contributed by atoms with Gasteiger partial charge in [0.1, 0.15) is 5.82 Å². The standard InChI is InChI=1S/C24H25N5/c1-2-8-19(9-3-1)16-28-14-15-29(17-20-10-6-7-13-25-20)23(18-28)24-26-21-11-4-5-12-22(21)27-24/h1-13,23H,14-18H2,(H,26,27). The predicted octanol–water partition coefficient (Wildman–Crippen LogP) is 4.02. The van der Waals surface area contributed by atoms with E-state index in [0.717, 1.165) is 55.3 Å². The summed E-state index contributed by atoms with van der Waals surface area (Å²) >= 11 is 0. The van der Waals surface area contributed by atoms with Crippen LogP contribution >= 0.6 is 0 Å². The summed E-state index contributed by atoms with van der Waals surface area (Å²) in [5.74, 6) is 1.04. The third kappa shape index (κ3) is 4.06. The number of rotatable bonds is 5. The predicted molar refractivity (Wildman–Crippen MR) is 115 cm³/mol. The highest BCUT2D eigenvalue weighted by atomic mass is 15.3. The molecule has 29 heavy (non-hydrogen) atoms. The number of hydrogen-bond acceptors (Lipinski definition) is 4. The molecule has 1 atom stereocenters. The van der Waals surface area contributed by atoms with Gasteiger partial charge in [0.05, 0.1) is 22.8 Å². The van der Waals surface area contributed by atoms with Gasteiger partial charge in [-0.05, 0) is 29.8 Å². The van der Waals surface area contributed by atoms with E-state index in [1.54, 1.807) is 0 Å². The fourth-order valence-corrected chi connectivity index (χ4v) is 4.14. The highest BCUT2D eigenvalue weighted by Gasteiger charge is 2.30. The van der Waals surface area contributed by atoms with Gasteiger partial charge < -0.3 is 4.98 Å². The highest BCUT2D eigenvalue weighted by molar-refractivity contribution is 5.74. The Morgan fingerprint density at radius 2 is 1.69 bits per heavy atom. The van der Waals surface area contributed by atoms with E-state index in [1.165, 1.54) is 5.56 Å². The minimum absolute atomic E-state index is 0.210. The van der Waals surface area contributed by atoms with E-state index < -0.39 is 0 Å². The lowest BCUT2D eigenvalue weighted by atomic mass is 10.1. The molecular formula is C24H25N5. The van der Waals surface area contributed by atoms with Crippen molar-refractivity contribution in [3.05, 3.63) is 96.1 Å². The van der Waals surface area contributed by atoms with Gasteiger partial charge in [0.2, 0.25) is 0 Å². The van der Waals surface area contributed by atoms with Crippen LogP contribution in [0, 0.1) is 0 Å². The van der Waals surface area contributed by atoms with Crippen molar-refractivity contribution in [3.8, 4) is 0 Å². The maximum atomic E-state index is 4.93. The van der Waals surface area contributed by atoms with Crippen LogP contribution in [-0.4, -0.2) is 44.4 Å². The zero-order valence-corrected chi connectivity index (χ0v) is 16.4. The molecular weight excluding hydrogens is 358 g/mol. The van der Waals surface area contributed by atoms with Crippen molar-refractivity contribution in [2.24, 2.45) is 0 Å². The number of imidazole rings is 1. The maximum absolute atomic E-state index is 4.93. The molecule has 3 heterocycles. The molecule has 1 unspecified atom stereocenters. The van der Waals surface area contributed by atoms with Crippen molar-refractivity contribution in [1.29, 1.82) is 0 Å². The van der Waals surface area contributed by atoms with Gasteiger partial charge in [-0.1, -0.05) is 48.5 Å². The molecule has 0 bridgehead atoms. The van der Waals surface area contributed by atoms with E-state index in [2.05, 4.69) is 80.4 Å². The average Bonchev–Trinajstić information content (AvgIpc) is 3.20. The smallest absolute Gasteiger partial charge is 0.126 e. The SMILES string of the molecule is c1ccc(CN2CCN(Cc3ccccn3)C(c3nc4ccccc4[nH]3)C2)cc1. The van der Waals surface area contributed by atoms with Gasteiger partial charge in [0.25, 0.3) is 0 Å². The van der Waals surface area contributed by atoms with Crippen molar-refractivity contribution >= 4 is 11.0 Å². The highest BCUT2D eigenvalue weighted by Crippen LogP contribution is 2.27. The molecule has 0 saturated carbocycles. The van der Waals surface area contributed by atoms with E-state index in [0.29, 0.717) is 0 Å². The third-order valence-electron chi connectivity index (χ3n) is 5.64. The van der Waals surface area contributed by atoms with Crippen LogP contribution in [0.3, 0.4) is 0 Å². The summed E-state index contributed by atoms with van der Waals surface area (Å²) in [4.78, 5) is 18.1. The number of pyridine rings is 1. The second-order valence-corrected chi connectivity index (χ2v) is 7.67. The van der Waals surface area contributed by atoms with Crippen LogP contribution in [-0.2, 0) is 13.1 Å². The van der Waals surface area contributed by atoms with Crippen molar-refractivity contribution in [3.63, 3.8) is 0 Å². The number of nitrogens with one attached hydrogen (secondary N) is 1. The first kappa shape index (κ1) is 18.0. The normalized spacial score (nSPS) is 18.3. The second kappa shape index (κ2) is 8.15. The van der Waals surface area contributed by atoms with Crippen LogP contribution in [0.5, 0.6) is 0 Å². The molecule has 5 rings (SSSR count). The first-order valence-electron chi connectivity index (χ1n) is 10.2. The van der Waals surface area contributed by atoms with Crippen molar-refractivity contribution in [2.45, 2.75) is 19.1 Å². The van der Waals surface area contributed by atoms with E-state index >= 15 is 0 Å². The number of piperazine rings is 1. The number of aromatic amines is 1. The van der Waals surface area contributed by atoms with Crippen LogP contribution in [0.4, 0.5) is 0 Å². The number of benzene rings is 2. The Morgan fingerprint density at radius 1 is 0.862 bits per heavy atom. The molecule has 2 aromatic carbocycles. The minimum Gasteiger partial charge on any atom is -0.341 e. The van der Waals surface area contributed by atoms with Crippen molar-refractivity contribution < 1.29 is 0 Å². The lowest BCUT2D eigenvalue weighted by molar-refractivity contribution is 0.0588. The zero-order valence-electron chi connectivity index (χ0n) is 16.4. The topological polar surface area (TPSA) is 48.1 Å². The molecule has 5 nitrogen and oxygen atoms in total. The van der Waals surface area contributed by atoms with E-state index in [9.17, 15) is 0 Å². The molecule has 5 heteroatoms. The summed E-state index contributed by atoms with van der Waals surface area (Å²) in [5.41, 5.74) is 4.58. The summed E-state index contributed by atoms with van der Waals surface area (Å²) in [5, 5.41) is 0. The monoisotopic (exact) mass is 383 g/mol.